The predicted octanol–water partition coefficient (Wildman–Crippen LogP) is 4.01. The molecule has 4 nitrogen and oxygen atoms in total. The molecule has 0 atom stereocenters. The summed E-state index contributed by atoms with van der Waals surface area (Å²) in [6.07, 6.45) is 0. The standard InChI is InChI=1S/C21H16O3.H2O/c1-14-19(23-13-15-7-3-2-4-8-15)12-11-17-16-9-5-6-10-18(16)21(22)24-20(14)17;/h2-12H,13H2,1H3;1H2. The van der Waals surface area contributed by atoms with E-state index in [0.717, 1.165) is 27.6 Å². The van der Waals surface area contributed by atoms with Crippen LogP contribution in [0.4, 0.5) is 0 Å². The minimum atomic E-state index is -0.318. The van der Waals surface area contributed by atoms with Crippen LogP contribution < -0.4 is 10.4 Å². The Morgan fingerprint density at radius 2 is 1.52 bits per heavy atom. The van der Waals surface area contributed by atoms with Crippen molar-refractivity contribution in [3.63, 3.8) is 0 Å². The van der Waals surface area contributed by atoms with Gasteiger partial charge in [0.15, 0.2) is 0 Å². The maximum Gasteiger partial charge on any atom is 0.344 e. The number of ether oxygens (including phenoxy) is 1. The summed E-state index contributed by atoms with van der Waals surface area (Å²) in [6.45, 7) is 2.39. The molecular weight excluding hydrogens is 316 g/mol. The second-order valence-corrected chi connectivity index (χ2v) is 5.77. The molecule has 0 saturated heterocycles. The number of hydrogen-bond acceptors (Lipinski definition) is 3. The minimum absolute atomic E-state index is 0. The summed E-state index contributed by atoms with van der Waals surface area (Å²) in [4.78, 5) is 12.2. The maximum atomic E-state index is 12.2. The molecule has 0 saturated carbocycles. The fourth-order valence-corrected chi connectivity index (χ4v) is 2.95. The van der Waals surface area contributed by atoms with Crippen LogP contribution in [0.15, 0.2) is 75.9 Å². The zero-order valence-electron chi connectivity index (χ0n) is 13.8. The molecule has 0 unspecified atom stereocenters. The Balaban J connectivity index is 0.00000182. The van der Waals surface area contributed by atoms with E-state index in [-0.39, 0.29) is 11.1 Å². The summed E-state index contributed by atoms with van der Waals surface area (Å²) >= 11 is 0. The second kappa shape index (κ2) is 6.79. The van der Waals surface area contributed by atoms with Crippen LogP contribution in [0.3, 0.4) is 0 Å². The molecule has 4 aromatic rings. The van der Waals surface area contributed by atoms with Gasteiger partial charge >= 0.3 is 5.63 Å². The SMILES string of the molecule is Cc1c(OCc2ccccc2)ccc2c1oc(=O)c1ccccc12.O. The summed E-state index contributed by atoms with van der Waals surface area (Å²) < 4.78 is 11.5. The van der Waals surface area contributed by atoms with Crippen LogP contribution in [0.2, 0.25) is 0 Å². The highest BCUT2D eigenvalue weighted by Crippen LogP contribution is 2.31. The van der Waals surface area contributed by atoms with Gasteiger partial charge in [0.25, 0.3) is 0 Å². The highest BCUT2D eigenvalue weighted by Gasteiger charge is 2.12. The van der Waals surface area contributed by atoms with Crippen molar-refractivity contribution in [1.82, 2.24) is 0 Å². The van der Waals surface area contributed by atoms with E-state index in [9.17, 15) is 4.79 Å². The Labute approximate surface area is 144 Å². The normalized spacial score (nSPS) is 10.6. The molecule has 126 valence electrons. The maximum absolute atomic E-state index is 12.2. The lowest BCUT2D eigenvalue weighted by Crippen LogP contribution is -2.02. The van der Waals surface area contributed by atoms with Crippen LogP contribution in [-0.2, 0) is 6.61 Å². The Hall–Kier alpha value is -3.11. The minimum Gasteiger partial charge on any atom is -0.488 e. The quantitative estimate of drug-likeness (QED) is 0.420. The average Bonchev–Trinajstić information content (AvgIpc) is 2.63. The van der Waals surface area contributed by atoms with Gasteiger partial charge in [-0.3, -0.25) is 0 Å². The second-order valence-electron chi connectivity index (χ2n) is 5.77. The van der Waals surface area contributed by atoms with Gasteiger partial charge in [0.1, 0.15) is 17.9 Å². The summed E-state index contributed by atoms with van der Waals surface area (Å²) in [5.41, 5.74) is 2.20. The van der Waals surface area contributed by atoms with Gasteiger partial charge in [-0.1, -0.05) is 48.5 Å². The lowest BCUT2D eigenvalue weighted by molar-refractivity contribution is 0.304. The lowest BCUT2D eigenvalue weighted by Gasteiger charge is -2.11. The van der Waals surface area contributed by atoms with Crippen molar-refractivity contribution in [2.24, 2.45) is 0 Å². The number of benzene rings is 3. The van der Waals surface area contributed by atoms with Crippen molar-refractivity contribution in [3.05, 3.63) is 88.3 Å². The molecule has 3 aromatic carbocycles. The van der Waals surface area contributed by atoms with E-state index in [4.69, 9.17) is 9.15 Å². The highest BCUT2D eigenvalue weighted by molar-refractivity contribution is 6.05. The molecule has 0 aliphatic heterocycles. The predicted molar refractivity (Wildman–Crippen MR) is 99.1 cm³/mol. The van der Waals surface area contributed by atoms with E-state index in [1.54, 1.807) is 6.07 Å². The zero-order valence-corrected chi connectivity index (χ0v) is 13.8. The molecule has 0 fully saturated rings. The van der Waals surface area contributed by atoms with Crippen molar-refractivity contribution in [2.75, 3.05) is 0 Å². The molecule has 0 bridgehead atoms. The fraction of sp³-hybridized carbons (Fsp3) is 0.0952. The van der Waals surface area contributed by atoms with Crippen molar-refractivity contribution in [3.8, 4) is 5.75 Å². The number of rotatable bonds is 3. The van der Waals surface area contributed by atoms with Crippen LogP contribution in [0, 0.1) is 6.92 Å². The zero-order chi connectivity index (χ0) is 16.5. The van der Waals surface area contributed by atoms with Crippen molar-refractivity contribution in [1.29, 1.82) is 0 Å². The molecule has 0 radical (unpaired) electrons. The fourth-order valence-electron chi connectivity index (χ4n) is 2.95. The molecule has 0 amide bonds. The van der Waals surface area contributed by atoms with Crippen LogP contribution in [0.5, 0.6) is 5.75 Å². The van der Waals surface area contributed by atoms with Crippen molar-refractivity contribution in [2.45, 2.75) is 13.5 Å². The summed E-state index contributed by atoms with van der Waals surface area (Å²) in [5.74, 6) is 0.727. The molecule has 0 aliphatic carbocycles. The summed E-state index contributed by atoms with van der Waals surface area (Å²) in [7, 11) is 0. The molecule has 4 rings (SSSR count). The largest absolute Gasteiger partial charge is 0.488 e. The first-order valence-electron chi connectivity index (χ1n) is 7.86. The van der Waals surface area contributed by atoms with Gasteiger partial charge in [0.2, 0.25) is 0 Å². The third-order valence-electron chi connectivity index (χ3n) is 4.23. The van der Waals surface area contributed by atoms with E-state index in [1.165, 1.54) is 0 Å². The van der Waals surface area contributed by atoms with E-state index >= 15 is 0 Å². The third-order valence-corrected chi connectivity index (χ3v) is 4.23. The first-order chi connectivity index (χ1) is 11.7. The number of aryl methyl sites for hydroxylation is 1. The van der Waals surface area contributed by atoms with Crippen LogP contribution in [0.25, 0.3) is 21.7 Å². The molecule has 2 N–H and O–H groups in total. The van der Waals surface area contributed by atoms with Crippen molar-refractivity contribution < 1.29 is 14.6 Å². The van der Waals surface area contributed by atoms with E-state index < -0.39 is 0 Å². The van der Waals surface area contributed by atoms with E-state index in [1.807, 2.05) is 67.6 Å². The Kier molecular flexibility index (Phi) is 4.55. The first-order valence-corrected chi connectivity index (χ1v) is 7.86. The topological polar surface area (TPSA) is 70.9 Å². The Morgan fingerprint density at radius 1 is 0.840 bits per heavy atom. The van der Waals surface area contributed by atoms with Gasteiger partial charge in [0.05, 0.1) is 5.39 Å². The molecule has 1 aromatic heterocycles. The highest BCUT2D eigenvalue weighted by atomic mass is 16.5. The summed E-state index contributed by atoms with van der Waals surface area (Å²) in [5, 5.41) is 2.43. The molecule has 1 heterocycles. The molecule has 0 aliphatic rings. The average molecular weight is 334 g/mol. The molecule has 0 spiro atoms. The van der Waals surface area contributed by atoms with Gasteiger partial charge in [-0.25, -0.2) is 4.79 Å². The van der Waals surface area contributed by atoms with E-state index in [2.05, 4.69) is 0 Å². The summed E-state index contributed by atoms with van der Waals surface area (Å²) in [6, 6.07) is 21.4. The number of fused-ring (bicyclic) bond motifs is 3. The lowest BCUT2D eigenvalue weighted by atomic mass is 10.0. The Bertz CT molecular complexity index is 1080. The molecular formula is C21H18O4. The monoisotopic (exact) mass is 334 g/mol. The smallest absolute Gasteiger partial charge is 0.344 e. The van der Waals surface area contributed by atoms with Gasteiger partial charge < -0.3 is 14.6 Å². The molecule has 25 heavy (non-hydrogen) atoms. The Morgan fingerprint density at radius 3 is 2.28 bits per heavy atom. The van der Waals surface area contributed by atoms with Crippen molar-refractivity contribution >= 4 is 21.7 Å². The van der Waals surface area contributed by atoms with Gasteiger partial charge in [0, 0.05) is 10.9 Å². The van der Waals surface area contributed by atoms with Gasteiger partial charge in [-0.2, -0.15) is 0 Å². The van der Waals surface area contributed by atoms with E-state index in [0.29, 0.717) is 17.6 Å². The third kappa shape index (κ3) is 2.99. The first kappa shape index (κ1) is 16.7. The van der Waals surface area contributed by atoms with Crippen LogP contribution in [-0.4, -0.2) is 5.48 Å². The van der Waals surface area contributed by atoms with Gasteiger partial charge in [-0.05, 0) is 36.1 Å². The van der Waals surface area contributed by atoms with Gasteiger partial charge in [-0.15, -0.1) is 0 Å². The number of hydrogen-bond donors (Lipinski definition) is 0. The van der Waals surface area contributed by atoms with Crippen LogP contribution >= 0.6 is 0 Å². The molecule has 4 heteroatoms. The van der Waals surface area contributed by atoms with Crippen LogP contribution in [0.1, 0.15) is 11.1 Å².